The molecule has 0 amide bonds. The zero-order chi connectivity index (χ0) is 35.7. The van der Waals surface area contributed by atoms with Crippen LogP contribution in [0.2, 0.25) is 0 Å². The van der Waals surface area contributed by atoms with Crippen LogP contribution in [0.15, 0.2) is 121 Å². The molecule has 0 bridgehead atoms. The largest absolute Gasteiger partial charge is 0.459 e. The number of alkyl halides is 3. The Kier molecular flexibility index (Phi) is 12.1. The van der Waals surface area contributed by atoms with Crippen molar-refractivity contribution in [1.29, 1.82) is 5.41 Å². The van der Waals surface area contributed by atoms with Crippen LogP contribution in [-0.2, 0) is 28.4 Å². The molecule has 1 saturated heterocycles. The van der Waals surface area contributed by atoms with Gasteiger partial charge < -0.3 is 28.4 Å². The minimum absolute atomic E-state index is 0.0904. The smallest absolute Gasteiger partial charge is 0.338 e. The lowest BCUT2D eigenvalue weighted by Crippen LogP contribution is -2.63. The van der Waals surface area contributed by atoms with E-state index < -0.39 is 70.9 Å². The van der Waals surface area contributed by atoms with E-state index in [0.717, 1.165) is 0 Å². The predicted octanol–water partition coefficient (Wildman–Crippen LogP) is 6.61. The molecule has 4 aromatic rings. The van der Waals surface area contributed by atoms with Gasteiger partial charge in [0.2, 0.25) is 18.3 Å². The van der Waals surface area contributed by atoms with Crippen LogP contribution in [0.5, 0.6) is 0 Å². The minimum Gasteiger partial charge on any atom is -0.459 e. The Hall–Kier alpha value is -4.94. The lowest BCUT2D eigenvalue weighted by atomic mass is 9.97. The molecule has 1 N–H and O–H groups in total. The Morgan fingerprint density at radius 2 is 0.900 bits per heavy atom. The predicted molar refractivity (Wildman–Crippen MR) is 181 cm³/mol. The van der Waals surface area contributed by atoms with Crippen molar-refractivity contribution in [2.75, 3.05) is 6.61 Å². The van der Waals surface area contributed by atoms with E-state index in [9.17, 15) is 19.2 Å². The summed E-state index contributed by atoms with van der Waals surface area (Å²) in [6.45, 7) is -0.597. The molecule has 1 fully saturated rings. The number of hydrogen-bond acceptors (Lipinski definition) is 11. The van der Waals surface area contributed by atoms with Crippen LogP contribution in [0.3, 0.4) is 0 Å². The van der Waals surface area contributed by atoms with Gasteiger partial charge in [-0.25, -0.2) is 19.2 Å². The van der Waals surface area contributed by atoms with Gasteiger partial charge >= 0.3 is 23.9 Å². The molecule has 4 aromatic carbocycles. The fourth-order valence-corrected chi connectivity index (χ4v) is 4.94. The molecule has 1 aliphatic heterocycles. The Balaban J connectivity index is 1.58. The fraction of sp³-hybridized carbons (Fsp3) is 0.194. The van der Waals surface area contributed by atoms with Crippen molar-refractivity contribution in [2.45, 2.75) is 34.5 Å². The number of rotatable bonds is 10. The molecular weight excluding hydrogens is 713 g/mol. The highest BCUT2D eigenvalue weighted by Gasteiger charge is 2.55. The molecule has 5 atom stereocenters. The average Bonchev–Trinajstić information content (AvgIpc) is 3.13. The van der Waals surface area contributed by atoms with Gasteiger partial charge in [0.1, 0.15) is 12.7 Å². The standard InChI is InChI=1S/C36H28Cl3NO10/c37-36(38,39)35(40)50-34-29(49-33(44)25-19-11-4-12-20-25)28(48-32(43)24-17-9-3-10-18-24)27(47-31(42)23-15-7-2-8-16-23)26(46-34)21-45-30(41)22-13-5-1-6-14-22/h1-20,26-29,34,40H,21H2/t26-,27?,28?,29?,34?/m0/s1. The quantitative estimate of drug-likeness (QED) is 0.0620. The van der Waals surface area contributed by atoms with E-state index in [4.69, 9.17) is 68.6 Å². The number of esters is 4. The molecule has 4 unspecified atom stereocenters. The molecular formula is C36H28Cl3NO10. The van der Waals surface area contributed by atoms with Gasteiger partial charge in [0.15, 0.2) is 12.2 Å². The third-order valence-corrected chi connectivity index (χ3v) is 7.74. The second-order valence-electron chi connectivity index (χ2n) is 10.7. The number of carbonyl (C=O) groups excluding carboxylic acids is 4. The van der Waals surface area contributed by atoms with Crippen molar-refractivity contribution < 1.29 is 47.6 Å². The third kappa shape index (κ3) is 9.39. The molecule has 1 aliphatic rings. The van der Waals surface area contributed by atoms with Crippen molar-refractivity contribution >= 4 is 64.6 Å². The van der Waals surface area contributed by atoms with Gasteiger partial charge in [-0.2, -0.15) is 0 Å². The second-order valence-corrected chi connectivity index (χ2v) is 12.9. The summed E-state index contributed by atoms with van der Waals surface area (Å²) in [4.78, 5) is 53.5. The Morgan fingerprint density at radius 1 is 0.540 bits per heavy atom. The molecule has 50 heavy (non-hydrogen) atoms. The summed E-state index contributed by atoms with van der Waals surface area (Å²) < 4.78 is 32.5. The maximum Gasteiger partial charge on any atom is 0.338 e. The first kappa shape index (κ1) is 36.3. The van der Waals surface area contributed by atoms with Crippen LogP contribution in [0.1, 0.15) is 41.4 Å². The van der Waals surface area contributed by atoms with Crippen LogP contribution in [0, 0.1) is 5.41 Å². The van der Waals surface area contributed by atoms with Gasteiger partial charge in [-0.05, 0) is 48.5 Å². The summed E-state index contributed by atoms with van der Waals surface area (Å²) in [5.41, 5.74) is 0.509. The van der Waals surface area contributed by atoms with Gasteiger partial charge in [0.25, 0.3) is 3.79 Å². The van der Waals surface area contributed by atoms with E-state index in [1.165, 1.54) is 48.5 Å². The van der Waals surface area contributed by atoms with Crippen LogP contribution in [0.4, 0.5) is 0 Å². The zero-order valence-corrected chi connectivity index (χ0v) is 28.1. The fourth-order valence-electron chi connectivity index (χ4n) is 4.81. The highest BCUT2D eigenvalue weighted by atomic mass is 35.6. The van der Waals surface area contributed by atoms with E-state index >= 15 is 0 Å². The molecule has 5 rings (SSSR count). The monoisotopic (exact) mass is 739 g/mol. The summed E-state index contributed by atoms with van der Waals surface area (Å²) >= 11 is 17.8. The molecule has 0 spiro atoms. The maximum absolute atomic E-state index is 13.6. The summed E-state index contributed by atoms with van der Waals surface area (Å²) in [6, 6.07) is 31.5. The third-order valence-electron chi connectivity index (χ3n) is 7.23. The Morgan fingerprint density at radius 3 is 1.30 bits per heavy atom. The maximum atomic E-state index is 13.6. The molecule has 0 aliphatic carbocycles. The molecule has 11 nitrogen and oxygen atoms in total. The number of carbonyl (C=O) groups is 4. The van der Waals surface area contributed by atoms with Crippen molar-refractivity contribution in [2.24, 2.45) is 0 Å². The highest BCUT2D eigenvalue weighted by molar-refractivity contribution is 6.76. The van der Waals surface area contributed by atoms with Gasteiger partial charge in [0.05, 0.1) is 22.3 Å². The summed E-state index contributed by atoms with van der Waals surface area (Å²) in [5.74, 6) is -4.41. The van der Waals surface area contributed by atoms with Crippen LogP contribution < -0.4 is 0 Å². The summed E-state index contributed by atoms with van der Waals surface area (Å²) in [5, 5.41) is 8.26. The summed E-state index contributed by atoms with van der Waals surface area (Å²) in [6.07, 6.45) is -8.34. The first-order valence-electron chi connectivity index (χ1n) is 15.0. The first-order valence-corrected chi connectivity index (χ1v) is 16.1. The van der Waals surface area contributed by atoms with Gasteiger partial charge in [-0.3, -0.25) is 5.41 Å². The van der Waals surface area contributed by atoms with Gasteiger partial charge in [0, 0.05) is 0 Å². The number of hydrogen-bond donors (Lipinski definition) is 1. The summed E-state index contributed by atoms with van der Waals surface area (Å²) in [7, 11) is 0. The van der Waals surface area contributed by atoms with E-state index in [0.29, 0.717) is 0 Å². The molecule has 0 saturated carbocycles. The van der Waals surface area contributed by atoms with E-state index in [-0.39, 0.29) is 22.3 Å². The van der Waals surface area contributed by atoms with Crippen molar-refractivity contribution in [3.63, 3.8) is 0 Å². The topological polar surface area (TPSA) is 148 Å². The SMILES string of the molecule is N=C(OC1O[C@@H](COC(=O)c2ccccc2)C(OC(=O)c2ccccc2)C(OC(=O)c2ccccc2)C1OC(=O)c1ccccc1)C(Cl)(Cl)Cl. The van der Waals surface area contributed by atoms with Crippen molar-refractivity contribution in [3.05, 3.63) is 144 Å². The first-order chi connectivity index (χ1) is 24.0. The normalized spacial score (nSPS) is 20.1. The average molecular weight is 741 g/mol. The second kappa shape index (κ2) is 16.6. The van der Waals surface area contributed by atoms with Gasteiger partial charge in [-0.15, -0.1) is 0 Å². The molecule has 258 valence electrons. The van der Waals surface area contributed by atoms with Gasteiger partial charge in [-0.1, -0.05) is 108 Å². The van der Waals surface area contributed by atoms with E-state index in [1.54, 1.807) is 72.8 Å². The Labute approximate surface area is 301 Å². The van der Waals surface area contributed by atoms with Crippen LogP contribution in [-0.4, -0.2) is 70.9 Å². The lowest BCUT2D eigenvalue weighted by Gasteiger charge is -2.44. The molecule has 0 aromatic heterocycles. The number of nitrogens with one attached hydrogen (secondary N) is 1. The lowest BCUT2D eigenvalue weighted by molar-refractivity contribution is -0.279. The Bertz CT molecular complexity index is 1790. The number of benzene rings is 4. The van der Waals surface area contributed by atoms with Crippen molar-refractivity contribution in [1.82, 2.24) is 0 Å². The minimum atomic E-state index is -2.40. The number of ether oxygens (including phenoxy) is 6. The van der Waals surface area contributed by atoms with E-state index in [1.807, 2.05) is 0 Å². The van der Waals surface area contributed by atoms with Crippen molar-refractivity contribution in [3.8, 4) is 0 Å². The molecule has 0 radical (unpaired) electrons. The van der Waals surface area contributed by atoms with Crippen LogP contribution >= 0.6 is 34.8 Å². The highest BCUT2D eigenvalue weighted by Crippen LogP contribution is 2.35. The zero-order valence-electron chi connectivity index (χ0n) is 25.9. The number of halogens is 3. The molecule has 14 heteroatoms. The molecule has 1 heterocycles. The van der Waals surface area contributed by atoms with E-state index in [2.05, 4.69) is 0 Å². The van der Waals surface area contributed by atoms with Crippen LogP contribution in [0.25, 0.3) is 0 Å².